The molecule has 2 N–H and O–H groups in total. The third-order valence-corrected chi connectivity index (χ3v) is 5.18. The summed E-state index contributed by atoms with van der Waals surface area (Å²) in [5.74, 6) is 0.770. The highest BCUT2D eigenvalue weighted by atomic mass is 16.5. The number of nitrogens with zero attached hydrogens (tertiary/aromatic N) is 1. The van der Waals surface area contributed by atoms with Gasteiger partial charge in [-0.25, -0.2) is 0 Å². The highest BCUT2D eigenvalue weighted by Gasteiger charge is 2.11. The molecule has 0 saturated carbocycles. The maximum atomic E-state index is 10.3. The first kappa shape index (κ1) is 24.3. The molecule has 0 atom stereocenters. The van der Waals surface area contributed by atoms with Crippen molar-refractivity contribution in [2.75, 3.05) is 6.61 Å². The third kappa shape index (κ3) is 10.6. The maximum absolute atomic E-state index is 10.3. The van der Waals surface area contributed by atoms with E-state index in [1.54, 1.807) is 12.1 Å². The van der Waals surface area contributed by atoms with E-state index < -0.39 is 0 Å². The summed E-state index contributed by atoms with van der Waals surface area (Å²) in [6.07, 6.45) is 16.9. The predicted molar refractivity (Wildman–Crippen MR) is 118 cm³/mol. The minimum Gasteiger partial charge on any atom is -0.507 e. The van der Waals surface area contributed by atoms with E-state index in [9.17, 15) is 10.3 Å². The van der Waals surface area contributed by atoms with Crippen molar-refractivity contribution in [3.8, 4) is 11.5 Å². The minimum atomic E-state index is 0.116. The van der Waals surface area contributed by atoms with Gasteiger partial charge in [0.1, 0.15) is 11.5 Å². The Kier molecular flexibility index (Phi) is 14.1. The first-order valence-electron chi connectivity index (χ1n) is 11.4. The van der Waals surface area contributed by atoms with Gasteiger partial charge in [-0.1, -0.05) is 89.6 Å². The molecule has 0 aliphatic heterocycles. The number of aromatic hydroxyl groups is 1. The molecule has 0 spiro atoms. The van der Waals surface area contributed by atoms with Crippen LogP contribution in [0.15, 0.2) is 23.4 Å². The molecule has 0 fully saturated rings. The number of oxime groups is 1. The van der Waals surface area contributed by atoms with Crippen molar-refractivity contribution in [2.45, 2.75) is 104 Å². The van der Waals surface area contributed by atoms with Crippen LogP contribution in [0.25, 0.3) is 0 Å². The van der Waals surface area contributed by atoms with Gasteiger partial charge in [-0.2, -0.15) is 0 Å². The zero-order chi connectivity index (χ0) is 20.5. The van der Waals surface area contributed by atoms with E-state index in [0.29, 0.717) is 30.1 Å². The number of benzene rings is 1. The van der Waals surface area contributed by atoms with Crippen LogP contribution >= 0.6 is 0 Å². The molecule has 0 heterocycles. The van der Waals surface area contributed by atoms with E-state index in [2.05, 4.69) is 19.0 Å². The summed E-state index contributed by atoms with van der Waals surface area (Å²) >= 11 is 0. The second-order valence-corrected chi connectivity index (χ2v) is 7.71. The standard InChI is InChI=1S/C24H41NO3/c1-3-5-7-8-9-10-11-12-13-14-15-16-23(25-27)22-18-17-21(20-24(22)26)28-19-6-4-2/h17-18,20,26-27H,3-16,19H2,1-2H3/b25-23-. The van der Waals surface area contributed by atoms with Gasteiger partial charge in [-0.05, 0) is 31.4 Å². The first-order valence-corrected chi connectivity index (χ1v) is 11.4. The molecule has 1 rings (SSSR count). The summed E-state index contributed by atoms with van der Waals surface area (Å²) in [4.78, 5) is 0. The largest absolute Gasteiger partial charge is 0.507 e. The van der Waals surface area contributed by atoms with Crippen molar-refractivity contribution in [1.82, 2.24) is 0 Å². The van der Waals surface area contributed by atoms with Crippen LogP contribution in [0, 0.1) is 0 Å². The summed E-state index contributed by atoms with van der Waals surface area (Å²) < 4.78 is 5.61. The zero-order valence-electron chi connectivity index (χ0n) is 18.1. The fourth-order valence-electron chi connectivity index (χ4n) is 3.37. The molecular formula is C24H41NO3. The SMILES string of the molecule is CCCCCCCCCCCCC/C(=N/O)c1ccc(OCCCC)cc1O. The predicted octanol–water partition coefficient (Wildman–Crippen LogP) is 7.45. The van der Waals surface area contributed by atoms with Crippen molar-refractivity contribution in [1.29, 1.82) is 0 Å². The molecule has 28 heavy (non-hydrogen) atoms. The molecule has 1 aromatic rings. The van der Waals surface area contributed by atoms with E-state index in [4.69, 9.17) is 4.74 Å². The van der Waals surface area contributed by atoms with E-state index in [1.807, 2.05) is 6.07 Å². The van der Waals surface area contributed by atoms with Crippen molar-refractivity contribution in [3.63, 3.8) is 0 Å². The summed E-state index contributed by atoms with van der Waals surface area (Å²) in [6, 6.07) is 5.22. The first-order chi connectivity index (χ1) is 13.7. The minimum absolute atomic E-state index is 0.116. The topological polar surface area (TPSA) is 62.1 Å². The molecule has 4 heteroatoms. The van der Waals surface area contributed by atoms with Gasteiger partial charge in [-0.15, -0.1) is 0 Å². The van der Waals surface area contributed by atoms with E-state index in [1.165, 1.54) is 57.8 Å². The number of ether oxygens (including phenoxy) is 1. The second-order valence-electron chi connectivity index (χ2n) is 7.71. The Hall–Kier alpha value is -1.71. The van der Waals surface area contributed by atoms with Crippen LogP contribution in [0.5, 0.6) is 11.5 Å². The third-order valence-electron chi connectivity index (χ3n) is 5.18. The lowest BCUT2D eigenvalue weighted by molar-refractivity contribution is 0.307. The number of hydrogen-bond acceptors (Lipinski definition) is 4. The monoisotopic (exact) mass is 391 g/mol. The Morgan fingerprint density at radius 2 is 1.39 bits per heavy atom. The van der Waals surface area contributed by atoms with Gasteiger partial charge in [0.15, 0.2) is 0 Å². The molecule has 0 aliphatic carbocycles. The van der Waals surface area contributed by atoms with E-state index in [-0.39, 0.29) is 5.75 Å². The van der Waals surface area contributed by atoms with Crippen LogP contribution in [0.4, 0.5) is 0 Å². The number of unbranched alkanes of at least 4 members (excludes halogenated alkanes) is 11. The highest BCUT2D eigenvalue weighted by molar-refractivity contribution is 6.02. The maximum Gasteiger partial charge on any atom is 0.128 e. The molecule has 0 amide bonds. The van der Waals surface area contributed by atoms with Gasteiger partial charge >= 0.3 is 0 Å². The second kappa shape index (κ2) is 16.3. The summed E-state index contributed by atoms with van der Waals surface area (Å²) in [7, 11) is 0. The lowest BCUT2D eigenvalue weighted by Crippen LogP contribution is -2.03. The summed E-state index contributed by atoms with van der Waals surface area (Å²) in [5, 5.41) is 23.0. The van der Waals surface area contributed by atoms with Crippen LogP contribution in [0.1, 0.15) is 109 Å². The molecule has 4 nitrogen and oxygen atoms in total. The van der Waals surface area contributed by atoms with E-state index >= 15 is 0 Å². The molecule has 0 unspecified atom stereocenters. The van der Waals surface area contributed by atoms with Gasteiger partial charge < -0.3 is 15.1 Å². The van der Waals surface area contributed by atoms with Crippen molar-refractivity contribution in [3.05, 3.63) is 23.8 Å². The molecule has 1 aromatic carbocycles. The Balaban J connectivity index is 2.22. The lowest BCUT2D eigenvalue weighted by Gasteiger charge is -2.10. The van der Waals surface area contributed by atoms with Gasteiger partial charge in [-0.3, -0.25) is 0 Å². The van der Waals surface area contributed by atoms with E-state index in [0.717, 1.165) is 25.7 Å². The van der Waals surface area contributed by atoms with Crippen molar-refractivity contribution < 1.29 is 15.1 Å². The van der Waals surface area contributed by atoms with Gasteiger partial charge in [0.2, 0.25) is 0 Å². The molecular weight excluding hydrogens is 350 g/mol. The van der Waals surface area contributed by atoms with Gasteiger partial charge in [0.05, 0.1) is 12.3 Å². The molecule has 0 aliphatic rings. The van der Waals surface area contributed by atoms with Crippen LogP contribution < -0.4 is 4.74 Å². The molecule has 160 valence electrons. The van der Waals surface area contributed by atoms with Crippen LogP contribution in [-0.2, 0) is 0 Å². The lowest BCUT2D eigenvalue weighted by atomic mass is 10.0. The summed E-state index contributed by atoms with van der Waals surface area (Å²) in [6.45, 7) is 5.02. The normalized spacial score (nSPS) is 11.7. The van der Waals surface area contributed by atoms with Crippen LogP contribution in [0.2, 0.25) is 0 Å². The molecule has 0 aromatic heterocycles. The molecule has 0 radical (unpaired) electrons. The fraction of sp³-hybridized carbons (Fsp3) is 0.708. The smallest absolute Gasteiger partial charge is 0.128 e. The number of rotatable bonds is 17. The average Bonchev–Trinajstić information content (AvgIpc) is 2.70. The number of phenolic OH excluding ortho intramolecular Hbond substituents is 1. The highest BCUT2D eigenvalue weighted by Crippen LogP contribution is 2.26. The molecule has 0 saturated heterocycles. The zero-order valence-corrected chi connectivity index (χ0v) is 18.1. The van der Waals surface area contributed by atoms with Crippen molar-refractivity contribution >= 4 is 5.71 Å². The van der Waals surface area contributed by atoms with Crippen LogP contribution in [0.3, 0.4) is 0 Å². The Bertz CT molecular complexity index is 543. The van der Waals surface area contributed by atoms with Crippen LogP contribution in [-0.4, -0.2) is 22.6 Å². The van der Waals surface area contributed by atoms with Gasteiger partial charge in [0.25, 0.3) is 0 Å². The van der Waals surface area contributed by atoms with Gasteiger partial charge in [0, 0.05) is 11.6 Å². The summed E-state index contributed by atoms with van der Waals surface area (Å²) in [5.41, 5.74) is 1.14. The Morgan fingerprint density at radius 3 is 1.93 bits per heavy atom. The number of phenols is 1. The molecule has 0 bridgehead atoms. The fourth-order valence-corrected chi connectivity index (χ4v) is 3.37. The van der Waals surface area contributed by atoms with Crippen molar-refractivity contribution in [2.24, 2.45) is 5.16 Å². The Morgan fingerprint density at radius 1 is 0.821 bits per heavy atom. The number of hydrogen-bond donors (Lipinski definition) is 2. The average molecular weight is 392 g/mol. The Labute approximate surface area is 172 Å². The quantitative estimate of drug-likeness (QED) is 0.125.